The van der Waals surface area contributed by atoms with Crippen LogP contribution in [0, 0.1) is 13.8 Å². The molecule has 174 valence electrons. The summed E-state index contributed by atoms with van der Waals surface area (Å²) >= 11 is 0. The van der Waals surface area contributed by atoms with Gasteiger partial charge in [0.15, 0.2) is 0 Å². The summed E-state index contributed by atoms with van der Waals surface area (Å²) in [6.45, 7) is 5.98. The number of benzene rings is 3. The van der Waals surface area contributed by atoms with E-state index in [4.69, 9.17) is 4.74 Å². The summed E-state index contributed by atoms with van der Waals surface area (Å²) in [7, 11) is -3.66. The molecule has 0 aromatic heterocycles. The highest BCUT2D eigenvalue weighted by atomic mass is 32.2. The van der Waals surface area contributed by atoms with E-state index in [0.29, 0.717) is 18.0 Å². The number of ether oxygens (including phenoxy) is 1. The van der Waals surface area contributed by atoms with Crippen molar-refractivity contribution in [2.75, 3.05) is 17.1 Å². The van der Waals surface area contributed by atoms with E-state index in [0.717, 1.165) is 32.8 Å². The van der Waals surface area contributed by atoms with Gasteiger partial charge in [0.1, 0.15) is 18.9 Å². The first-order valence-electron chi connectivity index (χ1n) is 10.7. The van der Waals surface area contributed by atoms with Crippen LogP contribution in [0.15, 0.2) is 72.8 Å². The highest BCUT2D eigenvalue weighted by molar-refractivity contribution is 7.92. The van der Waals surface area contributed by atoms with Crippen molar-refractivity contribution < 1.29 is 17.9 Å². The van der Waals surface area contributed by atoms with Gasteiger partial charge in [-0.3, -0.25) is 9.10 Å². The highest BCUT2D eigenvalue weighted by Crippen LogP contribution is 2.23. The average molecular weight is 467 g/mol. The van der Waals surface area contributed by atoms with E-state index >= 15 is 0 Å². The molecule has 0 fully saturated rings. The van der Waals surface area contributed by atoms with Crippen molar-refractivity contribution in [1.82, 2.24) is 5.32 Å². The van der Waals surface area contributed by atoms with Crippen molar-refractivity contribution in [1.29, 1.82) is 0 Å². The fraction of sp³-hybridized carbons (Fsp3) is 0.269. The third kappa shape index (κ3) is 6.83. The molecule has 0 spiro atoms. The molecule has 0 radical (unpaired) electrons. The van der Waals surface area contributed by atoms with Gasteiger partial charge in [-0.25, -0.2) is 8.42 Å². The van der Waals surface area contributed by atoms with Gasteiger partial charge < -0.3 is 10.1 Å². The molecule has 3 aromatic carbocycles. The standard InChI is InChI=1S/C26H30N2O4S/c1-19-10-11-20(2)25(16-19)21(3)27-26(29)17-28(33(4,30)31)23-12-14-24(15-13-23)32-18-22-8-6-5-7-9-22/h5-16,21H,17-18H2,1-4H3,(H,27,29). The van der Waals surface area contributed by atoms with Gasteiger partial charge in [0, 0.05) is 0 Å². The van der Waals surface area contributed by atoms with E-state index in [-0.39, 0.29) is 18.5 Å². The van der Waals surface area contributed by atoms with Gasteiger partial charge in [0.25, 0.3) is 0 Å². The predicted molar refractivity (Wildman–Crippen MR) is 132 cm³/mol. The van der Waals surface area contributed by atoms with Crippen LogP contribution < -0.4 is 14.4 Å². The zero-order valence-electron chi connectivity index (χ0n) is 19.4. The molecule has 0 aliphatic heterocycles. The Labute approximate surface area is 196 Å². The Kier molecular flexibility index (Phi) is 7.76. The molecule has 33 heavy (non-hydrogen) atoms. The van der Waals surface area contributed by atoms with Crippen molar-refractivity contribution in [3.8, 4) is 5.75 Å². The van der Waals surface area contributed by atoms with Gasteiger partial charge in [-0.1, -0.05) is 54.1 Å². The topological polar surface area (TPSA) is 75.7 Å². The van der Waals surface area contributed by atoms with Gasteiger partial charge in [-0.15, -0.1) is 0 Å². The summed E-state index contributed by atoms with van der Waals surface area (Å²) in [5, 5.41) is 2.92. The second-order valence-electron chi connectivity index (χ2n) is 8.19. The summed E-state index contributed by atoms with van der Waals surface area (Å²) in [4.78, 5) is 12.7. The normalized spacial score (nSPS) is 12.1. The number of carbonyl (C=O) groups excluding carboxylic acids is 1. The number of amides is 1. The summed E-state index contributed by atoms with van der Waals surface area (Å²) in [6, 6.07) is 22.3. The molecule has 6 nitrogen and oxygen atoms in total. The fourth-order valence-corrected chi connectivity index (χ4v) is 4.43. The number of carbonyl (C=O) groups is 1. The molecule has 0 saturated carbocycles. The summed E-state index contributed by atoms with van der Waals surface area (Å²) in [6.07, 6.45) is 1.09. The van der Waals surface area contributed by atoms with Crippen molar-refractivity contribution in [3.63, 3.8) is 0 Å². The number of rotatable bonds is 9. The lowest BCUT2D eigenvalue weighted by atomic mass is 10.00. The van der Waals surface area contributed by atoms with E-state index in [1.165, 1.54) is 0 Å². The van der Waals surface area contributed by atoms with E-state index < -0.39 is 10.0 Å². The Morgan fingerprint density at radius 2 is 1.67 bits per heavy atom. The monoisotopic (exact) mass is 466 g/mol. The van der Waals surface area contributed by atoms with Crippen molar-refractivity contribution in [2.24, 2.45) is 0 Å². The second kappa shape index (κ2) is 10.5. The Morgan fingerprint density at radius 3 is 2.30 bits per heavy atom. The third-order valence-electron chi connectivity index (χ3n) is 5.34. The second-order valence-corrected chi connectivity index (χ2v) is 10.1. The number of hydrogen-bond acceptors (Lipinski definition) is 4. The molecule has 1 atom stereocenters. The minimum atomic E-state index is -3.66. The van der Waals surface area contributed by atoms with Crippen LogP contribution in [0.2, 0.25) is 0 Å². The molecule has 1 N–H and O–H groups in total. The van der Waals surface area contributed by atoms with E-state index in [2.05, 4.69) is 5.32 Å². The van der Waals surface area contributed by atoms with Gasteiger partial charge in [0.05, 0.1) is 18.0 Å². The van der Waals surface area contributed by atoms with Gasteiger partial charge in [-0.2, -0.15) is 0 Å². The highest BCUT2D eigenvalue weighted by Gasteiger charge is 2.22. The third-order valence-corrected chi connectivity index (χ3v) is 6.48. The summed E-state index contributed by atoms with van der Waals surface area (Å²) < 4.78 is 31.7. The average Bonchev–Trinajstić information content (AvgIpc) is 2.78. The first kappa shape index (κ1) is 24.3. The lowest BCUT2D eigenvalue weighted by Crippen LogP contribution is -2.41. The number of anilines is 1. The summed E-state index contributed by atoms with van der Waals surface area (Å²) in [5.41, 5.74) is 4.62. The van der Waals surface area contributed by atoms with Crippen LogP contribution in [0.4, 0.5) is 5.69 Å². The first-order chi connectivity index (χ1) is 15.6. The number of aryl methyl sites for hydroxylation is 2. The zero-order chi connectivity index (χ0) is 24.0. The molecule has 1 amide bonds. The lowest BCUT2D eigenvalue weighted by molar-refractivity contribution is -0.120. The largest absolute Gasteiger partial charge is 0.489 e. The van der Waals surface area contributed by atoms with Crippen LogP contribution in [-0.2, 0) is 21.4 Å². The quantitative estimate of drug-likeness (QED) is 0.503. The Morgan fingerprint density at radius 1 is 1.00 bits per heavy atom. The van der Waals surface area contributed by atoms with E-state index in [1.807, 2.05) is 69.3 Å². The Balaban J connectivity index is 1.68. The van der Waals surface area contributed by atoms with Crippen LogP contribution in [-0.4, -0.2) is 27.1 Å². The van der Waals surface area contributed by atoms with Gasteiger partial charge >= 0.3 is 0 Å². The molecule has 3 aromatic rings. The number of sulfonamides is 1. The number of nitrogens with zero attached hydrogens (tertiary/aromatic N) is 1. The van der Waals surface area contributed by atoms with Crippen molar-refractivity contribution >= 4 is 21.6 Å². The molecule has 0 aliphatic rings. The predicted octanol–water partition coefficient (Wildman–Crippen LogP) is 4.53. The molecule has 0 heterocycles. The van der Waals surface area contributed by atoms with E-state index in [1.54, 1.807) is 24.3 Å². The molecule has 0 aliphatic carbocycles. The number of hydrogen-bond donors (Lipinski definition) is 1. The first-order valence-corrected chi connectivity index (χ1v) is 12.6. The molecular formula is C26H30N2O4S. The lowest BCUT2D eigenvalue weighted by Gasteiger charge is -2.24. The number of nitrogens with one attached hydrogen (secondary N) is 1. The van der Waals surface area contributed by atoms with Crippen LogP contribution in [0.1, 0.15) is 35.2 Å². The Hall–Kier alpha value is -3.32. The van der Waals surface area contributed by atoms with Gasteiger partial charge in [-0.05, 0) is 61.7 Å². The van der Waals surface area contributed by atoms with Crippen molar-refractivity contribution in [3.05, 3.63) is 95.1 Å². The minimum absolute atomic E-state index is 0.243. The van der Waals surface area contributed by atoms with Crippen LogP contribution in [0.3, 0.4) is 0 Å². The molecule has 0 saturated heterocycles. The molecule has 1 unspecified atom stereocenters. The maximum absolute atomic E-state index is 12.7. The maximum Gasteiger partial charge on any atom is 0.241 e. The van der Waals surface area contributed by atoms with Crippen LogP contribution >= 0.6 is 0 Å². The molecule has 7 heteroatoms. The minimum Gasteiger partial charge on any atom is -0.489 e. The molecule has 0 bridgehead atoms. The smallest absolute Gasteiger partial charge is 0.241 e. The molecule has 3 rings (SSSR count). The Bertz CT molecular complexity index is 1190. The zero-order valence-corrected chi connectivity index (χ0v) is 20.2. The van der Waals surface area contributed by atoms with Gasteiger partial charge in [0.2, 0.25) is 15.9 Å². The van der Waals surface area contributed by atoms with Crippen LogP contribution in [0.25, 0.3) is 0 Å². The summed E-state index contributed by atoms with van der Waals surface area (Å²) in [5.74, 6) is 0.238. The van der Waals surface area contributed by atoms with E-state index in [9.17, 15) is 13.2 Å². The van der Waals surface area contributed by atoms with Crippen LogP contribution in [0.5, 0.6) is 5.75 Å². The molecular weight excluding hydrogens is 436 g/mol. The van der Waals surface area contributed by atoms with Crippen molar-refractivity contribution in [2.45, 2.75) is 33.4 Å². The fourth-order valence-electron chi connectivity index (χ4n) is 3.57. The maximum atomic E-state index is 12.7. The SMILES string of the molecule is Cc1ccc(C)c(C(C)NC(=O)CN(c2ccc(OCc3ccccc3)cc2)S(C)(=O)=O)c1.